The lowest BCUT2D eigenvalue weighted by Crippen LogP contribution is -2.20. The summed E-state index contributed by atoms with van der Waals surface area (Å²) in [7, 11) is 0. The molecule has 0 saturated heterocycles. The van der Waals surface area contributed by atoms with Crippen LogP contribution in [0.3, 0.4) is 0 Å². The molecule has 128 valence electrons. The van der Waals surface area contributed by atoms with Crippen LogP contribution in [0.4, 0.5) is 5.69 Å². The van der Waals surface area contributed by atoms with Crippen molar-refractivity contribution in [2.75, 3.05) is 5.32 Å². The van der Waals surface area contributed by atoms with Crippen molar-refractivity contribution in [3.05, 3.63) is 89.7 Å². The van der Waals surface area contributed by atoms with Gasteiger partial charge in [0, 0.05) is 18.1 Å². The lowest BCUT2D eigenvalue weighted by molar-refractivity contribution is -0.116. The fourth-order valence-corrected chi connectivity index (χ4v) is 3.22. The van der Waals surface area contributed by atoms with Gasteiger partial charge in [0.1, 0.15) is 0 Å². The molecule has 2 aromatic carbocycles. The number of hydrogen-bond donors (Lipinski definition) is 1. The maximum atomic E-state index is 12.7. The second-order valence-electron chi connectivity index (χ2n) is 6.27. The van der Waals surface area contributed by atoms with Gasteiger partial charge in [-0.2, -0.15) is 0 Å². The first kappa shape index (κ1) is 17.0. The first-order valence-corrected chi connectivity index (χ1v) is 8.74. The molecule has 0 aliphatic carbocycles. The second kappa shape index (κ2) is 7.84. The number of hydrogen-bond acceptors (Lipinski definition) is 1. The third-order valence-corrected chi connectivity index (χ3v) is 4.59. The monoisotopic (exact) mass is 332 g/mol. The number of aryl methyl sites for hydroxylation is 2. The van der Waals surface area contributed by atoms with Crippen LogP contribution in [0.15, 0.2) is 73.1 Å². The van der Waals surface area contributed by atoms with Crippen LogP contribution >= 0.6 is 0 Å². The average molecular weight is 332 g/mol. The molecule has 0 aliphatic rings. The molecule has 0 aliphatic heterocycles. The van der Waals surface area contributed by atoms with E-state index >= 15 is 0 Å². The molecule has 3 nitrogen and oxygen atoms in total. The lowest BCUT2D eigenvalue weighted by Gasteiger charge is -2.21. The molecule has 25 heavy (non-hydrogen) atoms. The zero-order valence-corrected chi connectivity index (χ0v) is 14.8. The van der Waals surface area contributed by atoms with Crippen LogP contribution in [0.1, 0.15) is 36.1 Å². The number of rotatable bonds is 6. The van der Waals surface area contributed by atoms with E-state index in [0.717, 1.165) is 17.7 Å². The smallest absolute Gasteiger partial charge is 0.226 e. The first-order chi connectivity index (χ1) is 12.2. The minimum atomic E-state index is -0.00927. The summed E-state index contributed by atoms with van der Waals surface area (Å²) in [6, 6.07) is 20.2. The number of aromatic nitrogens is 1. The van der Waals surface area contributed by atoms with Gasteiger partial charge in [-0.05, 0) is 48.2 Å². The zero-order valence-electron chi connectivity index (χ0n) is 14.8. The van der Waals surface area contributed by atoms with Gasteiger partial charge in [-0.1, -0.05) is 49.4 Å². The van der Waals surface area contributed by atoms with Gasteiger partial charge in [0.05, 0.1) is 12.5 Å². The third-order valence-electron chi connectivity index (χ3n) is 4.59. The highest BCUT2D eigenvalue weighted by Crippen LogP contribution is 2.26. The van der Waals surface area contributed by atoms with Crippen molar-refractivity contribution in [3.63, 3.8) is 0 Å². The molecule has 1 N–H and O–H groups in total. The lowest BCUT2D eigenvalue weighted by atomic mass is 9.98. The van der Waals surface area contributed by atoms with Crippen LogP contribution in [0, 0.1) is 6.92 Å². The topological polar surface area (TPSA) is 34.0 Å². The van der Waals surface area contributed by atoms with Crippen molar-refractivity contribution in [2.24, 2.45) is 0 Å². The SMILES string of the molecule is CCc1ccccc1NC(=O)CC(c1ccccc1C)n1cccc1. The van der Waals surface area contributed by atoms with Crippen LogP contribution in [-0.4, -0.2) is 10.5 Å². The van der Waals surface area contributed by atoms with E-state index in [9.17, 15) is 4.79 Å². The highest BCUT2D eigenvalue weighted by atomic mass is 16.1. The number of benzene rings is 2. The number of anilines is 1. The predicted octanol–water partition coefficient (Wildman–Crippen LogP) is 4.98. The minimum Gasteiger partial charge on any atom is -0.346 e. The molecule has 0 fully saturated rings. The maximum Gasteiger partial charge on any atom is 0.226 e. The Morgan fingerprint density at radius 1 is 1.00 bits per heavy atom. The summed E-state index contributed by atoms with van der Waals surface area (Å²) in [6.07, 6.45) is 5.33. The quantitative estimate of drug-likeness (QED) is 0.679. The highest BCUT2D eigenvalue weighted by molar-refractivity contribution is 5.92. The van der Waals surface area contributed by atoms with Crippen LogP contribution in [-0.2, 0) is 11.2 Å². The predicted molar refractivity (Wildman–Crippen MR) is 103 cm³/mol. The summed E-state index contributed by atoms with van der Waals surface area (Å²) in [5, 5.41) is 3.09. The maximum absolute atomic E-state index is 12.7. The Kier molecular flexibility index (Phi) is 5.34. The van der Waals surface area contributed by atoms with Gasteiger partial charge in [-0.25, -0.2) is 0 Å². The van der Waals surface area contributed by atoms with Crippen molar-refractivity contribution in [3.8, 4) is 0 Å². The third kappa shape index (κ3) is 4.00. The van der Waals surface area contributed by atoms with E-state index in [1.165, 1.54) is 11.1 Å². The highest BCUT2D eigenvalue weighted by Gasteiger charge is 2.19. The van der Waals surface area contributed by atoms with Gasteiger partial charge in [0.25, 0.3) is 0 Å². The molecule has 3 aromatic rings. The van der Waals surface area contributed by atoms with Crippen molar-refractivity contribution in [1.29, 1.82) is 0 Å². The molecule has 1 aromatic heterocycles. The van der Waals surface area contributed by atoms with Crippen LogP contribution in [0.5, 0.6) is 0 Å². The van der Waals surface area contributed by atoms with E-state index in [4.69, 9.17) is 0 Å². The largest absolute Gasteiger partial charge is 0.346 e. The molecule has 0 saturated carbocycles. The Bertz CT molecular complexity index is 837. The normalized spacial score (nSPS) is 11.9. The zero-order chi connectivity index (χ0) is 17.6. The van der Waals surface area contributed by atoms with E-state index in [2.05, 4.69) is 41.9 Å². The Hall–Kier alpha value is -2.81. The Morgan fingerprint density at radius 3 is 2.40 bits per heavy atom. The van der Waals surface area contributed by atoms with Gasteiger partial charge in [-0.3, -0.25) is 4.79 Å². The number of carbonyl (C=O) groups excluding carboxylic acids is 1. The molecule has 0 radical (unpaired) electrons. The summed E-state index contributed by atoms with van der Waals surface area (Å²) in [6.45, 7) is 4.19. The van der Waals surface area contributed by atoms with Crippen molar-refractivity contribution >= 4 is 11.6 Å². The van der Waals surface area contributed by atoms with E-state index < -0.39 is 0 Å². The van der Waals surface area contributed by atoms with Gasteiger partial charge in [-0.15, -0.1) is 0 Å². The molecule has 0 spiro atoms. The summed E-state index contributed by atoms with van der Waals surface area (Å²) < 4.78 is 2.10. The number of nitrogens with zero attached hydrogens (tertiary/aromatic N) is 1. The standard InChI is InChI=1S/C22H24N2O/c1-3-18-11-5-7-13-20(18)23-22(25)16-21(24-14-8-9-15-24)19-12-6-4-10-17(19)2/h4-15,21H,3,16H2,1-2H3,(H,23,25). The van der Waals surface area contributed by atoms with Crippen molar-refractivity contribution in [2.45, 2.75) is 32.7 Å². The number of para-hydroxylation sites is 1. The van der Waals surface area contributed by atoms with Crippen LogP contribution < -0.4 is 5.32 Å². The molecule has 1 heterocycles. The summed E-state index contributed by atoms with van der Waals surface area (Å²) in [4.78, 5) is 12.7. The Balaban J connectivity index is 1.84. The molecule has 1 atom stereocenters. The fraction of sp³-hybridized carbons (Fsp3) is 0.227. The van der Waals surface area contributed by atoms with Gasteiger partial charge >= 0.3 is 0 Å². The Morgan fingerprint density at radius 2 is 1.68 bits per heavy atom. The molecule has 0 bridgehead atoms. The molecular weight excluding hydrogens is 308 g/mol. The van der Waals surface area contributed by atoms with E-state index in [-0.39, 0.29) is 11.9 Å². The minimum absolute atomic E-state index is 0.00927. The van der Waals surface area contributed by atoms with Gasteiger partial charge in [0.2, 0.25) is 5.91 Å². The molecule has 1 amide bonds. The van der Waals surface area contributed by atoms with Gasteiger partial charge < -0.3 is 9.88 Å². The second-order valence-corrected chi connectivity index (χ2v) is 6.27. The molecule has 1 unspecified atom stereocenters. The van der Waals surface area contributed by atoms with E-state index in [1.54, 1.807) is 0 Å². The number of carbonyl (C=O) groups is 1. The molecular formula is C22H24N2O. The van der Waals surface area contributed by atoms with E-state index in [1.807, 2.05) is 54.9 Å². The van der Waals surface area contributed by atoms with Crippen LogP contribution in [0.2, 0.25) is 0 Å². The molecule has 3 rings (SSSR count). The summed E-state index contributed by atoms with van der Waals surface area (Å²) in [5.74, 6) is 0.0304. The van der Waals surface area contributed by atoms with E-state index in [0.29, 0.717) is 6.42 Å². The van der Waals surface area contributed by atoms with Crippen LogP contribution in [0.25, 0.3) is 0 Å². The summed E-state index contributed by atoms with van der Waals surface area (Å²) in [5.41, 5.74) is 4.44. The number of nitrogens with one attached hydrogen (secondary N) is 1. The number of amides is 1. The average Bonchev–Trinajstić information content (AvgIpc) is 3.15. The Labute approximate surface area is 149 Å². The van der Waals surface area contributed by atoms with Crippen molar-refractivity contribution < 1.29 is 4.79 Å². The van der Waals surface area contributed by atoms with Gasteiger partial charge in [0.15, 0.2) is 0 Å². The first-order valence-electron chi connectivity index (χ1n) is 8.74. The molecule has 3 heteroatoms. The fourth-order valence-electron chi connectivity index (χ4n) is 3.22. The van der Waals surface area contributed by atoms with Crippen molar-refractivity contribution in [1.82, 2.24) is 4.57 Å². The summed E-state index contributed by atoms with van der Waals surface area (Å²) >= 11 is 0.